The van der Waals surface area contributed by atoms with Gasteiger partial charge in [0.2, 0.25) is 0 Å². The molecule has 3 aromatic rings. The summed E-state index contributed by atoms with van der Waals surface area (Å²) in [7, 11) is 0. The minimum atomic E-state index is 0.787. The predicted molar refractivity (Wildman–Crippen MR) is 93.8 cm³/mol. The average Bonchev–Trinajstić information content (AvgIpc) is 2.82. The van der Waals surface area contributed by atoms with E-state index in [-0.39, 0.29) is 0 Å². The van der Waals surface area contributed by atoms with Gasteiger partial charge in [-0.05, 0) is 51.5 Å². The molecule has 0 aliphatic heterocycles. The minimum absolute atomic E-state index is 0.787. The molecule has 3 rings (SSSR count). The van der Waals surface area contributed by atoms with Crippen LogP contribution in [0.15, 0.2) is 52.2 Å². The van der Waals surface area contributed by atoms with Crippen molar-refractivity contribution in [2.45, 2.75) is 18.4 Å². The Kier molecular flexibility index (Phi) is 4.22. The zero-order valence-corrected chi connectivity index (χ0v) is 14.1. The monoisotopic (exact) mass is 361 g/mol. The Morgan fingerprint density at radius 3 is 2.90 bits per heavy atom. The molecule has 0 saturated carbocycles. The predicted octanol–water partition coefficient (Wildman–Crippen LogP) is 4.54. The van der Waals surface area contributed by atoms with Gasteiger partial charge in [0.05, 0.1) is 5.52 Å². The number of pyridine rings is 1. The average molecular weight is 362 g/mol. The summed E-state index contributed by atoms with van der Waals surface area (Å²) in [4.78, 5) is 5.47. The third-order valence-electron chi connectivity index (χ3n) is 3.29. The second kappa shape index (κ2) is 6.12. The van der Waals surface area contributed by atoms with Crippen LogP contribution in [0.25, 0.3) is 10.9 Å². The second-order valence-corrected chi connectivity index (χ2v) is 7.06. The maximum absolute atomic E-state index is 6.05. The summed E-state index contributed by atoms with van der Waals surface area (Å²) in [6.07, 6.45) is 5.81. The molecule has 0 radical (unpaired) electrons. The topological polar surface area (TPSA) is 43.8 Å². The van der Waals surface area contributed by atoms with Crippen LogP contribution >= 0.6 is 27.7 Å². The molecule has 0 saturated heterocycles. The van der Waals surface area contributed by atoms with E-state index in [2.05, 4.69) is 56.8 Å². The maximum atomic E-state index is 6.05. The van der Waals surface area contributed by atoms with Crippen LogP contribution in [0.4, 0.5) is 5.69 Å². The van der Waals surface area contributed by atoms with E-state index in [1.54, 1.807) is 6.20 Å². The fourth-order valence-corrected chi connectivity index (χ4v) is 3.71. The summed E-state index contributed by atoms with van der Waals surface area (Å²) in [5.41, 5.74) is 9.20. The number of thioether (sulfide) groups is 1. The highest BCUT2D eigenvalue weighted by Crippen LogP contribution is 2.31. The van der Waals surface area contributed by atoms with Gasteiger partial charge in [-0.15, -0.1) is 11.8 Å². The number of nitrogen functional groups attached to an aromatic ring is 1. The van der Waals surface area contributed by atoms with E-state index in [1.807, 2.05) is 24.0 Å². The molecule has 0 fully saturated rings. The minimum Gasteiger partial charge on any atom is -0.399 e. The number of nitrogens with zero attached hydrogens (tertiary/aromatic N) is 2. The Bertz CT molecular complexity index is 782. The molecule has 3 nitrogen and oxygen atoms in total. The van der Waals surface area contributed by atoms with Crippen molar-refractivity contribution in [2.24, 2.45) is 0 Å². The fourth-order valence-electron chi connectivity index (χ4n) is 2.43. The lowest BCUT2D eigenvalue weighted by molar-refractivity contribution is 0.830. The van der Waals surface area contributed by atoms with Gasteiger partial charge in [-0.2, -0.15) is 0 Å². The SMILES string of the molecule is CCSc1cc(N)cc2c1ccn2Cc1cncc(Br)c1. The highest BCUT2D eigenvalue weighted by atomic mass is 79.9. The van der Waals surface area contributed by atoms with Gasteiger partial charge in [-0.25, -0.2) is 0 Å². The van der Waals surface area contributed by atoms with E-state index in [0.29, 0.717) is 0 Å². The van der Waals surface area contributed by atoms with E-state index in [0.717, 1.165) is 28.0 Å². The first-order valence-corrected chi connectivity index (χ1v) is 8.56. The van der Waals surface area contributed by atoms with Gasteiger partial charge in [-0.3, -0.25) is 4.98 Å². The molecule has 0 amide bonds. The Labute approximate surface area is 136 Å². The largest absolute Gasteiger partial charge is 0.399 e. The molecule has 1 aromatic carbocycles. The van der Waals surface area contributed by atoms with Crippen LogP contribution < -0.4 is 5.73 Å². The molecule has 2 aromatic heterocycles. The fraction of sp³-hybridized carbons (Fsp3) is 0.188. The number of hydrogen-bond acceptors (Lipinski definition) is 3. The van der Waals surface area contributed by atoms with E-state index >= 15 is 0 Å². The first-order valence-electron chi connectivity index (χ1n) is 6.78. The molecule has 108 valence electrons. The number of aromatic nitrogens is 2. The van der Waals surface area contributed by atoms with Gasteiger partial charge in [0.15, 0.2) is 0 Å². The zero-order chi connectivity index (χ0) is 14.8. The summed E-state index contributed by atoms with van der Waals surface area (Å²) < 4.78 is 3.22. The third-order valence-corrected chi connectivity index (χ3v) is 4.66. The molecule has 0 atom stereocenters. The molecule has 5 heteroatoms. The van der Waals surface area contributed by atoms with Crippen molar-refractivity contribution in [3.8, 4) is 0 Å². The summed E-state index contributed by atoms with van der Waals surface area (Å²) >= 11 is 5.29. The standard InChI is InChI=1S/C16H16BrN3S/c1-2-21-16-7-13(18)6-15-14(16)3-4-20(15)10-11-5-12(17)9-19-8-11/h3-9H,2,10,18H2,1H3. The van der Waals surface area contributed by atoms with Gasteiger partial charge in [0.1, 0.15) is 0 Å². The molecule has 2 heterocycles. The number of rotatable bonds is 4. The zero-order valence-electron chi connectivity index (χ0n) is 11.7. The first kappa shape index (κ1) is 14.5. The van der Waals surface area contributed by atoms with E-state index in [9.17, 15) is 0 Å². The highest BCUT2D eigenvalue weighted by Gasteiger charge is 2.08. The summed E-state index contributed by atoms with van der Waals surface area (Å²) in [5.74, 6) is 1.04. The molecule has 0 bridgehead atoms. The lowest BCUT2D eigenvalue weighted by Gasteiger charge is -2.08. The molecule has 0 unspecified atom stereocenters. The summed E-state index contributed by atoms with van der Waals surface area (Å²) in [6, 6.07) is 8.35. The molecular weight excluding hydrogens is 346 g/mol. The van der Waals surface area contributed by atoms with Crippen molar-refractivity contribution in [1.82, 2.24) is 9.55 Å². The second-order valence-electron chi connectivity index (χ2n) is 4.84. The number of nitrogens with two attached hydrogens (primary N) is 1. The van der Waals surface area contributed by atoms with Gasteiger partial charge in [-0.1, -0.05) is 6.92 Å². The van der Waals surface area contributed by atoms with Crippen molar-refractivity contribution >= 4 is 44.3 Å². The van der Waals surface area contributed by atoms with E-state index in [1.165, 1.54) is 15.8 Å². The summed E-state index contributed by atoms with van der Waals surface area (Å²) in [5, 5.41) is 1.26. The van der Waals surface area contributed by atoms with Crippen LogP contribution in [0.1, 0.15) is 12.5 Å². The van der Waals surface area contributed by atoms with Crippen molar-refractivity contribution in [3.63, 3.8) is 0 Å². The van der Waals surface area contributed by atoms with Crippen LogP contribution in [-0.2, 0) is 6.54 Å². The smallest absolute Gasteiger partial charge is 0.0515 e. The van der Waals surface area contributed by atoms with Gasteiger partial charge in [0, 0.05) is 45.6 Å². The number of fused-ring (bicyclic) bond motifs is 1. The molecule has 0 aliphatic rings. The molecule has 0 spiro atoms. The molecular formula is C16H16BrN3S. The Balaban J connectivity index is 2.03. The molecule has 2 N–H and O–H groups in total. The van der Waals surface area contributed by atoms with Crippen molar-refractivity contribution in [2.75, 3.05) is 11.5 Å². The number of hydrogen-bond donors (Lipinski definition) is 1. The normalized spacial score (nSPS) is 11.1. The van der Waals surface area contributed by atoms with Crippen LogP contribution in [0.5, 0.6) is 0 Å². The van der Waals surface area contributed by atoms with Gasteiger partial charge in [0.25, 0.3) is 0 Å². The van der Waals surface area contributed by atoms with Gasteiger partial charge >= 0.3 is 0 Å². The van der Waals surface area contributed by atoms with Crippen LogP contribution in [0, 0.1) is 0 Å². The first-order chi connectivity index (χ1) is 10.2. The van der Waals surface area contributed by atoms with Crippen LogP contribution in [0.3, 0.4) is 0 Å². The number of benzene rings is 1. The van der Waals surface area contributed by atoms with E-state index in [4.69, 9.17) is 5.73 Å². The Morgan fingerprint density at radius 2 is 2.14 bits per heavy atom. The third kappa shape index (κ3) is 3.09. The quantitative estimate of drug-likeness (QED) is 0.547. The lowest BCUT2D eigenvalue weighted by Crippen LogP contribution is -1.99. The van der Waals surface area contributed by atoms with Crippen LogP contribution in [-0.4, -0.2) is 15.3 Å². The van der Waals surface area contributed by atoms with Gasteiger partial charge < -0.3 is 10.3 Å². The Hall–Kier alpha value is -1.46. The van der Waals surface area contributed by atoms with Crippen molar-refractivity contribution in [1.29, 1.82) is 0 Å². The van der Waals surface area contributed by atoms with Crippen molar-refractivity contribution < 1.29 is 0 Å². The molecule has 0 aliphatic carbocycles. The maximum Gasteiger partial charge on any atom is 0.0515 e. The Morgan fingerprint density at radius 1 is 1.29 bits per heavy atom. The van der Waals surface area contributed by atoms with Crippen LogP contribution in [0.2, 0.25) is 0 Å². The number of anilines is 1. The van der Waals surface area contributed by atoms with Crippen molar-refractivity contribution in [3.05, 3.63) is 52.9 Å². The lowest BCUT2D eigenvalue weighted by atomic mass is 10.2. The van der Waals surface area contributed by atoms with E-state index < -0.39 is 0 Å². The summed E-state index contributed by atoms with van der Waals surface area (Å²) in [6.45, 7) is 2.94. The highest BCUT2D eigenvalue weighted by molar-refractivity contribution is 9.10. The molecule has 21 heavy (non-hydrogen) atoms. The number of halogens is 1.